The van der Waals surface area contributed by atoms with E-state index in [0.717, 1.165) is 4.70 Å². The number of rotatable bonds is 3. The van der Waals surface area contributed by atoms with Crippen LogP contribution in [0.15, 0.2) is 41.3 Å². The van der Waals surface area contributed by atoms with Gasteiger partial charge in [-0.3, -0.25) is 0 Å². The molecular weight excluding hydrogens is 371 g/mol. The van der Waals surface area contributed by atoms with Gasteiger partial charge in [-0.25, -0.2) is 27.9 Å². The van der Waals surface area contributed by atoms with E-state index >= 15 is 0 Å². The zero-order valence-electron chi connectivity index (χ0n) is 11.9. The smallest absolute Gasteiger partial charge is 0.238 e. The van der Waals surface area contributed by atoms with Gasteiger partial charge < -0.3 is 5.32 Å². The highest BCUT2D eigenvalue weighted by atomic mass is 32.2. The van der Waals surface area contributed by atoms with Gasteiger partial charge in [-0.1, -0.05) is 22.7 Å². The summed E-state index contributed by atoms with van der Waals surface area (Å²) in [4.78, 5) is 8.79. The van der Waals surface area contributed by atoms with Crippen molar-refractivity contribution >= 4 is 63.4 Å². The van der Waals surface area contributed by atoms with E-state index in [-0.39, 0.29) is 10.7 Å². The molecule has 0 fully saturated rings. The van der Waals surface area contributed by atoms with E-state index in [1.54, 1.807) is 12.1 Å². The molecule has 0 radical (unpaired) electrons. The Labute approximate surface area is 143 Å². The number of fused-ring (bicyclic) bond motifs is 2. The molecule has 0 aliphatic carbocycles. The molecule has 0 aliphatic heterocycles. The highest BCUT2D eigenvalue weighted by Crippen LogP contribution is 2.33. The summed E-state index contributed by atoms with van der Waals surface area (Å²) in [7, 11) is -3.75. The van der Waals surface area contributed by atoms with Crippen LogP contribution in [0, 0.1) is 5.82 Å². The van der Waals surface area contributed by atoms with Crippen LogP contribution in [0.2, 0.25) is 0 Å². The van der Waals surface area contributed by atoms with Gasteiger partial charge in [0.2, 0.25) is 10.0 Å². The van der Waals surface area contributed by atoms with E-state index in [1.807, 2.05) is 0 Å². The average Bonchev–Trinajstić information content (AvgIpc) is 3.07. The molecule has 122 valence electrons. The highest BCUT2D eigenvalue weighted by Gasteiger charge is 2.12. The summed E-state index contributed by atoms with van der Waals surface area (Å²) < 4.78 is 37.5. The van der Waals surface area contributed by atoms with Crippen LogP contribution in [0.3, 0.4) is 0 Å². The van der Waals surface area contributed by atoms with Crippen LogP contribution in [0.25, 0.3) is 20.4 Å². The maximum absolute atomic E-state index is 13.2. The van der Waals surface area contributed by atoms with Gasteiger partial charge >= 0.3 is 0 Å². The van der Waals surface area contributed by atoms with Crippen LogP contribution < -0.4 is 10.5 Å². The maximum atomic E-state index is 13.2. The topological polar surface area (TPSA) is 98.0 Å². The molecule has 0 spiro atoms. The first kappa shape index (κ1) is 15.4. The minimum atomic E-state index is -3.75. The SMILES string of the molecule is NS(=O)(=O)c1ccc2nc(Nc3nc4ccc(F)cc4s3)sc2c1. The number of sulfonamides is 1. The third-order valence-electron chi connectivity index (χ3n) is 3.25. The van der Waals surface area contributed by atoms with Crippen LogP contribution in [-0.4, -0.2) is 18.4 Å². The molecule has 0 amide bonds. The fraction of sp³-hybridized carbons (Fsp3) is 0. The number of primary sulfonamides is 1. The van der Waals surface area contributed by atoms with Crippen LogP contribution in [0.5, 0.6) is 0 Å². The Bertz CT molecular complexity index is 1180. The average molecular weight is 380 g/mol. The van der Waals surface area contributed by atoms with Crippen LogP contribution in [-0.2, 0) is 10.0 Å². The zero-order chi connectivity index (χ0) is 16.9. The van der Waals surface area contributed by atoms with E-state index in [0.29, 0.717) is 26.0 Å². The minimum absolute atomic E-state index is 0.0423. The van der Waals surface area contributed by atoms with Crippen molar-refractivity contribution in [1.29, 1.82) is 0 Å². The molecule has 0 saturated carbocycles. The molecule has 0 bridgehead atoms. The Kier molecular flexibility index (Phi) is 3.49. The summed E-state index contributed by atoms with van der Waals surface area (Å²) in [6.07, 6.45) is 0. The van der Waals surface area contributed by atoms with Crippen molar-refractivity contribution in [3.63, 3.8) is 0 Å². The number of benzene rings is 2. The Morgan fingerprint density at radius 1 is 0.958 bits per heavy atom. The molecule has 10 heteroatoms. The lowest BCUT2D eigenvalue weighted by atomic mass is 10.3. The normalized spacial score (nSPS) is 12.1. The molecule has 2 aromatic heterocycles. The highest BCUT2D eigenvalue weighted by molar-refractivity contribution is 7.89. The lowest BCUT2D eigenvalue weighted by Crippen LogP contribution is -2.11. The standard InChI is InChI=1S/C14H9FN4O2S3/c15-7-1-3-9-11(5-7)22-13(17-9)19-14-18-10-4-2-8(24(16,20)21)6-12(10)23-14/h1-6H,(H2,16,20,21)(H,17,18,19). The molecule has 4 rings (SSSR count). The Balaban J connectivity index is 1.70. The molecular formula is C14H9FN4O2S3. The molecule has 0 saturated heterocycles. The number of anilines is 2. The van der Waals surface area contributed by atoms with E-state index < -0.39 is 10.0 Å². The van der Waals surface area contributed by atoms with E-state index in [2.05, 4.69) is 15.3 Å². The summed E-state index contributed by atoms with van der Waals surface area (Å²) in [6.45, 7) is 0. The van der Waals surface area contributed by atoms with E-state index in [9.17, 15) is 12.8 Å². The fourth-order valence-electron chi connectivity index (χ4n) is 2.18. The molecule has 4 aromatic rings. The number of nitrogens with one attached hydrogen (secondary N) is 1. The molecule has 2 aromatic carbocycles. The van der Waals surface area contributed by atoms with Crippen molar-refractivity contribution in [3.05, 3.63) is 42.2 Å². The van der Waals surface area contributed by atoms with Gasteiger partial charge in [-0.2, -0.15) is 0 Å². The number of thiazole rings is 2. The van der Waals surface area contributed by atoms with E-state index in [4.69, 9.17) is 5.14 Å². The van der Waals surface area contributed by atoms with Gasteiger partial charge in [-0.05, 0) is 36.4 Å². The van der Waals surface area contributed by atoms with Gasteiger partial charge in [-0.15, -0.1) is 0 Å². The van der Waals surface area contributed by atoms with Crippen molar-refractivity contribution in [2.24, 2.45) is 5.14 Å². The third-order valence-corrected chi connectivity index (χ3v) is 6.03. The van der Waals surface area contributed by atoms with E-state index in [1.165, 1.54) is 46.9 Å². The number of halogens is 1. The fourth-order valence-corrected chi connectivity index (χ4v) is 4.65. The molecule has 3 N–H and O–H groups in total. The van der Waals surface area contributed by atoms with Crippen molar-refractivity contribution < 1.29 is 12.8 Å². The summed E-state index contributed by atoms with van der Waals surface area (Å²) in [5.41, 5.74) is 1.35. The predicted octanol–water partition coefficient (Wildman–Crippen LogP) is 3.44. The summed E-state index contributed by atoms with van der Waals surface area (Å²) in [5, 5.41) is 9.36. The largest absolute Gasteiger partial charge is 0.307 e. The van der Waals surface area contributed by atoms with Crippen LogP contribution in [0.4, 0.5) is 14.7 Å². The molecule has 24 heavy (non-hydrogen) atoms. The second-order valence-corrected chi connectivity index (χ2v) is 8.57. The summed E-state index contributed by atoms with van der Waals surface area (Å²) >= 11 is 2.60. The number of aromatic nitrogens is 2. The first-order valence-electron chi connectivity index (χ1n) is 6.65. The van der Waals surface area contributed by atoms with Gasteiger partial charge in [0.15, 0.2) is 10.3 Å². The minimum Gasteiger partial charge on any atom is -0.307 e. The molecule has 0 aliphatic rings. The number of nitrogens with two attached hydrogens (primary N) is 1. The van der Waals surface area contributed by atoms with Crippen molar-refractivity contribution in [2.45, 2.75) is 4.90 Å². The Morgan fingerprint density at radius 3 is 2.17 bits per heavy atom. The first-order valence-corrected chi connectivity index (χ1v) is 9.83. The first-order chi connectivity index (χ1) is 11.4. The van der Waals surface area contributed by atoms with Crippen molar-refractivity contribution in [1.82, 2.24) is 9.97 Å². The summed E-state index contributed by atoms with van der Waals surface area (Å²) in [6, 6.07) is 8.91. The van der Waals surface area contributed by atoms with Gasteiger partial charge in [0.25, 0.3) is 0 Å². The van der Waals surface area contributed by atoms with Crippen molar-refractivity contribution in [2.75, 3.05) is 5.32 Å². The number of hydrogen-bond acceptors (Lipinski definition) is 7. The number of nitrogens with zero attached hydrogens (tertiary/aromatic N) is 2. The predicted molar refractivity (Wildman–Crippen MR) is 93.9 cm³/mol. The maximum Gasteiger partial charge on any atom is 0.238 e. The van der Waals surface area contributed by atoms with Gasteiger partial charge in [0.1, 0.15) is 5.82 Å². The quantitative estimate of drug-likeness (QED) is 0.567. The lowest BCUT2D eigenvalue weighted by molar-refractivity contribution is 0.598. The lowest BCUT2D eigenvalue weighted by Gasteiger charge is -1.95. The zero-order valence-corrected chi connectivity index (χ0v) is 14.3. The van der Waals surface area contributed by atoms with Crippen molar-refractivity contribution in [3.8, 4) is 0 Å². The van der Waals surface area contributed by atoms with Gasteiger partial charge in [0, 0.05) is 0 Å². The van der Waals surface area contributed by atoms with Gasteiger partial charge in [0.05, 0.1) is 25.3 Å². The number of hydrogen-bond donors (Lipinski definition) is 2. The Hall–Kier alpha value is -2.14. The molecule has 0 unspecified atom stereocenters. The van der Waals surface area contributed by atoms with Crippen LogP contribution >= 0.6 is 22.7 Å². The molecule has 0 atom stereocenters. The third kappa shape index (κ3) is 2.84. The van der Waals surface area contributed by atoms with Crippen LogP contribution in [0.1, 0.15) is 0 Å². The Morgan fingerprint density at radius 2 is 1.54 bits per heavy atom. The molecule has 6 nitrogen and oxygen atoms in total. The molecule has 2 heterocycles. The second kappa shape index (κ2) is 5.45. The second-order valence-electron chi connectivity index (χ2n) is 4.95. The summed E-state index contributed by atoms with van der Waals surface area (Å²) in [5.74, 6) is -0.312. The monoisotopic (exact) mass is 380 g/mol.